The highest BCUT2D eigenvalue weighted by Crippen LogP contribution is 2.43. The average molecular weight is 183 g/mol. The lowest BCUT2D eigenvalue weighted by Gasteiger charge is -2.06. The zero-order valence-corrected chi connectivity index (χ0v) is 7.53. The van der Waals surface area contributed by atoms with Crippen molar-refractivity contribution < 1.29 is 14.7 Å². The molecule has 0 aromatic carbocycles. The van der Waals surface area contributed by atoms with E-state index in [9.17, 15) is 5.11 Å². The highest BCUT2D eigenvalue weighted by atomic mass is 16.5. The third-order valence-electron chi connectivity index (χ3n) is 2.39. The standard InChI is InChI=1S/C9H13NO3/c1-5-8(7(12)4-11)9(13-10-5)6-2-3-6/h6-7,11-12H,2-4H2,1H3. The molecule has 0 aliphatic heterocycles. The molecule has 2 rings (SSSR count). The molecule has 1 saturated carbocycles. The summed E-state index contributed by atoms with van der Waals surface area (Å²) < 4.78 is 5.12. The maximum atomic E-state index is 9.51. The van der Waals surface area contributed by atoms with Crippen LogP contribution in [0.1, 0.15) is 41.9 Å². The van der Waals surface area contributed by atoms with Gasteiger partial charge < -0.3 is 14.7 Å². The first-order valence-electron chi connectivity index (χ1n) is 4.49. The van der Waals surface area contributed by atoms with Crippen LogP contribution in [0.2, 0.25) is 0 Å². The first-order chi connectivity index (χ1) is 6.24. The lowest BCUT2D eigenvalue weighted by Crippen LogP contribution is -2.05. The van der Waals surface area contributed by atoms with Gasteiger partial charge in [-0.05, 0) is 19.8 Å². The Bertz CT molecular complexity index is 304. The number of aryl methyl sites for hydroxylation is 1. The molecule has 1 aliphatic carbocycles. The summed E-state index contributed by atoms with van der Waals surface area (Å²) in [4.78, 5) is 0. The van der Waals surface area contributed by atoms with Gasteiger partial charge in [0.15, 0.2) is 0 Å². The number of rotatable bonds is 3. The zero-order chi connectivity index (χ0) is 9.42. The Hall–Kier alpha value is -0.870. The number of hydrogen-bond acceptors (Lipinski definition) is 4. The van der Waals surface area contributed by atoms with Crippen LogP contribution < -0.4 is 0 Å². The van der Waals surface area contributed by atoms with Crippen molar-refractivity contribution in [3.8, 4) is 0 Å². The highest BCUT2D eigenvalue weighted by Gasteiger charge is 2.33. The number of aliphatic hydroxyl groups excluding tert-OH is 2. The fourth-order valence-electron chi connectivity index (χ4n) is 1.53. The molecule has 13 heavy (non-hydrogen) atoms. The predicted octanol–water partition coefficient (Wildman–Crippen LogP) is 0.886. The molecule has 1 unspecified atom stereocenters. The monoisotopic (exact) mass is 183 g/mol. The van der Waals surface area contributed by atoms with E-state index in [-0.39, 0.29) is 6.61 Å². The Kier molecular flexibility index (Phi) is 2.09. The van der Waals surface area contributed by atoms with Gasteiger partial charge in [-0.3, -0.25) is 0 Å². The molecule has 1 atom stereocenters. The summed E-state index contributed by atoms with van der Waals surface area (Å²) in [5, 5.41) is 22.1. The van der Waals surface area contributed by atoms with E-state index in [1.54, 1.807) is 6.92 Å². The molecule has 1 aromatic heterocycles. The summed E-state index contributed by atoms with van der Waals surface area (Å²) in [5.41, 5.74) is 1.37. The summed E-state index contributed by atoms with van der Waals surface area (Å²) in [6, 6.07) is 0. The number of hydrogen-bond donors (Lipinski definition) is 2. The van der Waals surface area contributed by atoms with Crippen molar-refractivity contribution in [2.45, 2.75) is 31.8 Å². The predicted molar refractivity (Wildman–Crippen MR) is 45.3 cm³/mol. The molecule has 0 bridgehead atoms. The molecule has 1 aliphatic rings. The second-order valence-electron chi connectivity index (χ2n) is 3.52. The van der Waals surface area contributed by atoms with Gasteiger partial charge in [0.1, 0.15) is 11.9 Å². The fraction of sp³-hybridized carbons (Fsp3) is 0.667. The Morgan fingerprint density at radius 1 is 1.62 bits per heavy atom. The van der Waals surface area contributed by atoms with Crippen molar-refractivity contribution in [1.29, 1.82) is 0 Å². The van der Waals surface area contributed by atoms with Gasteiger partial charge in [0.25, 0.3) is 0 Å². The van der Waals surface area contributed by atoms with Crippen LogP contribution >= 0.6 is 0 Å². The van der Waals surface area contributed by atoms with E-state index in [0.29, 0.717) is 17.2 Å². The smallest absolute Gasteiger partial charge is 0.145 e. The molecule has 72 valence electrons. The van der Waals surface area contributed by atoms with Gasteiger partial charge in [-0.25, -0.2) is 0 Å². The van der Waals surface area contributed by atoms with Crippen LogP contribution in [0.15, 0.2) is 4.52 Å². The van der Waals surface area contributed by atoms with Crippen molar-refractivity contribution in [2.24, 2.45) is 0 Å². The SMILES string of the molecule is Cc1noc(C2CC2)c1C(O)CO. The number of aliphatic hydroxyl groups is 2. The topological polar surface area (TPSA) is 66.5 Å². The van der Waals surface area contributed by atoms with Gasteiger partial charge >= 0.3 is 0 Å². The molecule has 1 fully saturated rings. The van der Waals surface area contributed by atoms with E-state index in [2.05, 4.69) is 5.16 Å². The van der Waals surface area contributed by atoms with Gasteiger partial charge in [0, 0.05) is 11.5 Å². The van der Waals surface area contributed by atoms with Crippen LogP contribution in [0, 0.1) is 6.92 Å². The number of aromatic nitrogens is 1. The lowest BCUT2D eigenvalue weighted by atomic mass is 10.1. The van der Waals surface area contributed by atoms with Gasteiger partial charge in [-0.15, -0.1) is 0 Å². The Morgan fingerprint density at radius 2 is 2.31 bits per heavy atom. The van der Waals surface area contributed by atoms with E-state index < -0.39 is 6.10 Å². The van der Waals surface area contributed by atoms with Crippen LogP contribution in [-0.4, -0.2) is 22.0 Å². The minimum absolute atomic E-state index is 0.276. The minimum atomic E-state index is -0.846. The van der Waals surface area contributed by atoms with Crippen molar-refractivity contribution in [2.75, 3.05) is 6.61 Å². The van der Waals surface area contributed by atoms with Gasteiger partial charge in [0.05, 0.1) is 12.3 Å². The van der Waals surface area contributed by atoms with Gasteiger partial charge in [-0.1, -0.05) is 5.16 Å². The van der Waals surface area contributed by atoms with Crippen LogP contribution in [0.5, 0.6) is 0 Å². The van der Waals surface area contributed by atoms with E-state index in [1.165, 1.54) is 0 Å². The summed E-state index contributed by atoms with van der Waals surface area (Å²) in [5.74, 6) is 1.18. The van der Waals surface area contributed by atoms with E-state index in [1.807, 2.05) is 0 Å². The Labute approximate surface area is 76.2 Å². The van der Waals surface area contributed by atoms with Gasteiger partial charge in [0.2, 0.25) is 0 Å². The van der Waals surface area contributed by atoms with Crippen LogP contribution in [0.4, 0.5) is 0 Å². The van der Waals surface area contributed by atoms with Crippen LogP contribution in [0.25, 0.3) is 0 Å². The van der Waals surface area contributed by atoms with Crippen LogP contribution in [0.3, 0.4) is 0 Å². The Balaban J connectivity index is 2.33. The normalized spacial score (nSPS) is 19.0. The zero-order valence-electron chi connectivity index (χ0n) is 7.53. The fourth-order valence-corrected chi connectivity index (χ4v) is 1.53. The largest absolute Gasteiger partial charge is 0.393 e. The van der Waals surface area contributed by atoms with Gasteiger partial charge in [-0.2, -0.15) is 0 Å². The molecular formula is C9H13NO3. The Morgan fingerprint density at radius 3 is 2.85 bits per heavy atom. The van der Waals surface area contributed by atoms with E-state index in [0.717, 1.165) is 18.6 Å². The average Bonchev–Trinajstić information content (AvgIpc) is 2.89. The van der Waals surface area contributed by atoms with E-state index in [4.69, 9.17) is 9.63 Å². The van der Waals surface area contributed by atoms with Crippen molar-refractivity contribution in [1.82, 2.24) is 5.16 Å². The molecule has 2 N–H and O–H groups in total. The highest BCUT2D eigenvalue weighted by molar-refractivity contribution is 5.29. The third-order valence-corrected chi connectivity index (χ3v) is 2.39. The first-order valence-corrected chi connectivity index (χ1v) is 4.49. The molecule has 1 aromatic rings. The summed E-state index contributed by atoms with van der Waals surface area (Å²) in [6.45, 7) is 1.51. The summed E-state index contributed by atoms with van der Waals surface area (Å²) in [7, 11) is 0. The first kappa shape index (κ1) is 8.72. The minimum Gasteiger partial charge on any atom is -0.393 e. The quantitative estimate of drug-likeness (QED) is 0.730. The van der Waals surface area contributed by atoms with Crippen molar-refractivity contribution in [3.05, 3.63) is 17.0 Å². The van der Waals surface area contributed by atoms with E-state index >= 15 is 0 Å². The summed E-state index contributed by atoms with van der Waals surface area (Å²) in [6.07, 6.45) is 1.35. The molecule has 0 radical (unpaired) electrons. The van der Waals surface area contributed by atoms with Crippen molar-refractivity contribution in [3.63, 3.8) is 0 Å². The molecular weight excluding hydrogens is 170 g/mol. The van der Waals surface area contributed by atoms with Crippen LogP contribution in [-0.2, 0) is 0 Å². The molecule has 0 saturated heterocycles. The maximum Gasteiger partial charge on any atom is 0.145 e. The molecule has 1 heterocycles. The third kappa shape index (κ3) is 1.47. The molecule has 4 nitrogen and oxygen atoms in total. The molecule has 0 spiro atoms. The maximum absolute atomic E-state index is 9.51. The lowest BCUT2D eigenvalue weighted by molar-refractivity contribution is 0.0936. The summed E-state index contributed by atoms with van der Waals surface area (Å²) >= 11 is 0. The molecule has 4 heteroatoms. The number of nitrogens with zero attached hydrogens (tertiary/aromatic N) is 1. The second-order valence-corrected chi connectivity index (χ2v) is 3.52. The molecule has 0 amide bonds. The second kappa shape index (κ2) is 3.12. The van der Waals surface area contributed by atoms with Crippen molar-refractivity contribution >= 4 is 0 Å².